The number of aromatic nitrogens is 2. The maximum atomic E-state index is 10.6. The highest BCUT2D eigenvalue weighted by atomic mass is 35.5. The molecule has 6 aromatic rings. The van der Waals surface area contributed by atoms with Crippen LogP contribution in [0.15, 0.2) is 108 Å². The standard InChI is InChI=1S/C34H30ClN7O.C2HF3O2/c35-25-8-13-28-29(14-17-40-32(28)20-25)39-15-1-16-41-34(38)24-3-2-23-18-30(42-31(23)19-24)21-4-9-26(10-5-21)43-27-11-6-22(7-12-27)33(36)37;3-2(4,5)1(6)7/h2-14,17-20,42H,1,15-16H2,(H3,36,37)(H2,38,41)(H,39,40);(H,6,7). The number of rotatable bonds is 10. The molecule has 10 nitrogen and oxygen atoms in total. The van der Waals surface area contributed by atoms with E-state index >= 15 is 0 Å². The summed E-state index contributed by atoms with van der Waals surface area (Å²) in [5.41, 5.74) is 18.3. The number of alkyl halides is 3. The maximum Gasteiger partial charge on any atom is 0.490 e. The molecular weight excluding hydrogens is 671 g/mol. The zero-order valence-corrected chi connectivity index (χ0v) is 27.0. The van der Waals surface area contributed by atoms with Gasteiger partial charge >= 0.3 is 12.1 Å². The molecule has 8 N–H and O–H groups in total. The second-order valence-electron chi connectivity index (χ2n) is 10.9. The van der Waals surface area contributed by atoms with Gasteiger partial charge in [0.15, 0.2) is 0 Å². The number of aromatic amines is 1. The zero-order valence-electron chi connectivity index (χ0n) is 26.3. The van der Waals surface area contributed by atoms with E-state index in [4.69, 9.17) is 43.1 Å². The van der Waals surface area contributed by atoms with Gasteiger partial charge in [0.05, 0.1) is 5.52 Å². The normalized spacial score (nSPS) is 11.6. The van der Waals surface area contributed by atoms with Gasteiger partial charge in [-0.05, 0) is 96.9 Å². The number of amidine groups is 2. The molecule has 0 radical (unpaired) electrons. The smallest absolute Gasteiger partial charge is 0.475 e. The monoisotopic (exact) mass is 701 g/mol. The lowest BCUT2D eigenvalue weighted by Crippen LogP contribution is -2.21. The molecule has 2 aromatic heterocycles. The van der Waals surface area contributed by atoms with Crippen LogP contribution in [0, 0.1) is 5.41 Å². The van der Waals surface area contributed by atoms with E-state index in [9.17, 15) is 13.2 Å². The van der Waals surface area contributed by atoms with Crippen LogP contribution in [-0.2, 0) is 4.79 Å². The van der Waals surface area contributed by atoms with Gasteiger partial charge in [-0.1, -0.05) is 23.7 Å². The molecule has 0 unspecified atom stereocenters. The van der Waals surface area contributed by atoms with Gasteiger partial charge in [-0.3, -0.25) is 15.4 Å². The van der Waals surface area contributed by atoms with Gasteiger partial charge in [-0.25, -0.2) is 4.79 Å². The average Bonchev–Trinajstić information content (AvgIpc) is 3.52. The Labute approximate surface area is 289 Å². The Balaban J connectivity index is 0.000000630. The van der Waals surface area contributed by atoms with Crippen molar-refractivity contribution in [3.63, 3.8) is 0 Å². The lowest BCUT2D eigenvalue weighted by molar-refractivity contribution is -0.192. The molecule has 0 fully saturated rings. The van der Waals surface area contributed by atoms with Gasteiger partial charge in [-0.2, -0.15) is 13.2 Å². The maximum absolute atomic E-state index is 10.6. The third kappa shape index (κ3) is 9.08. The molecule has 0 amide bonds. The fourth-order valence-electron chi connectivity index (χ4n) is 4.85. The van der Waals surface area contributed by atoms with Gasteiger partial charge in [-0.15, -0.1) is 0 Å². The molecule has 0 bridgehead atoms. The molecular formula is C36H31ClF3N7O3. The van der Waals surface area contributed by atoms with E-state index in [1.54, 1.807) is 30.5 Å². The van der Waals surface area contributed by atoms with Crippen LogP contribution in [-0.4, -0.2) is 52.0 Å². The molecule has 0 spiro atoms. The van der Waals surface area contributed by atoms with Crippen LogP contribution in [0.5, 0.6) is 11.5 Å². The number of benzene rings is 4. The minimum atomic E-state index is -5.08. The third-order valence-electron chi connectivity index (χ3n) is 7.36. The van der Waals surface area contributed by atoms with Crippen molar-refractivity contribution in [1.29, 1.82) is 5.41 Å². The summed E-state index contributed by atoms with van der Waals surface area (Å²) in [4.78, 5) is 21.4. The van der Waals surface area contributed by atoms with Crippen LogP contribution in [0.4, 0.5) is 18.9 Å². The molecule has 0 aliphatic carbocycles. The van der Waals surface area contributed by atoms with Crippen molar-refractivity contribution in [2.24, 2.45) is 16.5 Å². The first-order chi connectivity index (χ1) is 23.9. The van der Waals surface area contributed by atoms with E-state index in [1.807, 2.05) is 60.7 Å². The number of hydrogen-bond donors (Lipinski definition) is 6. The van der Waals surface area contributed by atoms with Crippen LogP contribution >= 0.6 is 11.6 Å². The SMILES string of the molecule is N=C(N)c1ccc(Oc2ccc(-c3cc4ccc(C(N)=NCCCNc5ccnc6cc(Cl)ccc56)cc4[nH]3)cc2)cc1.O=C(O)C(F)(F)F. The zero-order chi connectivity index (χ0) is 35.8. The van der Waals surface area contributed by atoms with E-state index < -0.39 is 12.1 Å². The fraction of sp³-hybridized carbons (Fsp3) is 0.111. The van der Waals surface area contributed by atoms with E-state index in [-0.39, 0.29) is 5.84 Å². The number of aliphatic imine (C=N–C) groups is 1. The van der Waals surface area contributed by atoms with Crippen LogP contribution in [0.2, 0.25) is 5.02 Å². The Morgan fingerprint density at radius 1 is 0.940 bits per heavy atom. The number of fused-ring (bicyclic) bond motifs is 2. The van der Waals surface area contributed by atoms with Crippen LogP contribution < -0.4 is 21.5 Å². The summed E-state index contributed by atoms with van der Waals surface area (Å²) < 4.78 is 37.7. The molecule has 0 saturated carbocycles. The van der Waals surface area contributed by atoms with Crippen LogP contribution in [0.25, 0.3) is 33.1 Å². The van der Waals surface area contributed by atoms with Gasteiger partial charge in [0.1, 0.15) is 23.2 Å². The number of carbonyl (C=O) groups is 1. The Hall–Kier alpha value is -6.08. The van der Waals surface area contributed by atoms with Crippen molar-refractivity contribution in [3.8, 4) is 22.8 Å². The predicted molar refractivity (Wildman–Crippen MR) is 190 cm³/mol. The summed E-state index contributed by atoms with van der Waals surface area (Å²) in [5.74, 6) is -0.814. The Morgan fingerprint density at radius 2 is 1.60 bits per heavy atom. The molecule has 0 saturated heterocycles. The number of carboxylic acids is 1. The largest absolute Gasteiger partial charge is 0.490 e. The second-order valence-corrected chi connectivity index (χ2v) is 11.4. The minimum absolute atomic E-state index is 0.0302. The number of nitrogens with one attached hydrogen (secondary N) is 3. The third-order valence-corrected chi connectivity index (χ3v) is 7.60. The lowest BCUT2D eigenvalue weighted by Gasteiger charge is -2.09. The number of carboxylic acid groups (broad SMARTS) is 1. The van der Waals surface area contributed by atoms with Crippen molar-refractivity contribution >= 4 is 56.7 Å². The number of halogens is 4. The number of pyridine rings is 1. The molecule has 4 aromatic carbocycles. The summed E-state index contributed by atoms with van der Waals surface area (Å²) in [6, 6.07) is 30.9. The molecule has 50 heavy (non-hydrogen) atoms. The molecule has 0 aliphatic rings. The van der Waals surface area contributed by atoms with Crippen molar-refractivity contribution in [3.05, 3.63) is 119 Å². The van der Waals surface area contributed by atoms with Crippen molar-refractivity contribution in [2.75, 3.05) is 18.4 Å². The van der Waals surface area contributed by atoms with Crippen molar-refractivity contribution in [1.82, 2.24) is 9.97 Å². The lowest BCUT2D eigenvalue weighted by atomic mass is 10.1. The van der Waals surface area contributed by atoms with E-state index in [0.29, 0.717) is 28.7 Å². The Morgan fingerprint density at radius 3 is 2.26 bits per heavy atom. The predicted octanol–water partition coefficient (Wildman–Crippen LogP) is 7.95. The number of ether oxygens (including phenoxy) is 1. The van der Waals surface area contributed by atoms with Gasteiger partial charge in [0.2, 0.25) is 0 Å². The molecule has 14 heteroatoms. The highest BCUT2D eigenvalue weighted by Crippen LogP contribution is 2.29. The Kier molecular flexibility index (Phi) is 10.9. The van der Waals surface area contributed by atoms with Gasteiger partial charge < -0.3 is 31.6 Å². The first-order valence-electron chi connectivity index (χ1n) is 15.1. The first-order valence-corrected chi connectivity index (χ1v) is 15.5. The van der Waals surface area contributed by atoms with E-state index in [0.717, 1.165) is 63.0 Å². The molecule has 256 valence electrons. The second kappa shape index (κ2) is 15.4. The molecule has 0 atom stereocenters. The summed E-state index contributed by atoms with van der Waals surface area (Å²) in [7, 11) is 0. The summed E-state index contributed by atoms with van der Waals surface area (Å²) >= 11 is 6.10. The Bertz CT molecular complexity index is 2170. The highest BCUT2D eigenvalue weighted by Gasteiger charge is 2.38. The minimum Gasteiger partial charge on any atom is -0.475 e. The highest BCUT2D eigenvalue weighted by molar-refractivity contribution is 6.31. The number of nitrogens with two attached hydrogens (primary N) is 2. The number of hydrogen-bond acceptors (Lipinski definition) is 6. The summed E-state index contributed by atoms with van der Waals surface area (Å²) in [6.07, 6.45) is -2.47. The topological polar surface area (TPSA) is 175 Å². The van der Waals surface area contributed by atoms with E-state index in [2.05, 4.69) is 32.4 Å². The van der Waals surface area contributed by atoms with Crippen LogP contribution in [0.3, 0.4) is 0 Å². The van der Waals surface area contributed by atoms with Crippen molar-refractivity contribution < 1.29 is 27.8 Å². The molecule has 2 heterocycles. The average molecular weight is 702 g/mol. The number of aliphatic carboxylic acids is 1. The summed E-state index contributed by atoms with van der Waals surface area (Å²) in [6.45, 7) is 1.37. The summed E-state index contributed by atoms with van der Waals surface area (Å²) in [5, 5.41) is 20.9. The van der Waals surface area contributed by atoms with Crippen LogP contribution in [0.1, 0.15) is 17.5 Å². The van der Waals surface area contributed by atoms with E-state index in [1.165, 1.54) is 0 Å². The molecule has 0 aliphatic heterocycles. The first kappa shape index (κ1) is 35.2. The van der Waals surface area contributed by atoms with Crippen molar-refractivity contribution in [2.45, 2.75) is 12.6 Å². The number of H-pyrrole nitrogens is 1. The van der Waals surface area contributed by atoms with Gasteiger partial charge in [0.25, 0.3) is 0 Å². The number of nitrogens with zero attached hydrogens (tertiary/aromatic N) is 2. The number of anilines is 1. The molecule has 6 rings (SSSR count). The quantitative estimate of drug-likeness (QED) is 0.0477. The van der Waals surface area contributed by atoms with Gasteiger partial charge in [0, 0.05) is 63.1 Å². The number of nitrogen functional groups attached to an aromatic ring is 1. The fourth-order valence-corrected chi connectivity index (χ4v) is 5.02.